The number of anilines is 1. The largest absolute Gasteiger partial charge is 0.393 e. The van der Waals surface area contributed by atoms with Gasteiger partial charge in [0.2, 0.25) is 0 Å². The number of nitrogens with one attached hydrogen (secondary N) is 1. The van der Waals surface area contributed by atoms with Crippen molar-refractivity contribution in [3.05, 3.63) is 16.5 Å². The Morgan fingerprint density at radius 3 is 2.73 bits per heavy atom. The Balaban J connectivity index is 2.65. The monoisotopic (exact) mass is 275 g/mol. The summed E-state index contributed by atoms with van der Waals surface area (Å²) < 4.78 is 0.682. The summed E-state index contributed by atoms with van der Waals surface area (Å²) in [6, 6.07) is 1.71. The predicted molar refractivity (Wildman–Crippen MR) is 60.7 cm³/mol. The maximum atomic E-state index is 9.56. The number of hydrogen-bond donors (Lipinski definition) is 3. The molecular formula is C9H14BrN3O2. The van der Waals surface area contributed by atoms with Crippen LogP contribution >= 0.6 is 15.9 Å². The van der Waals surface area contributed by atoms with Gasteiger partial charge in [-0.2, -0.15) is 0 Å². The third-order valence-electron chi connectivity index (χ3n) is 1.80. The summed E-state index contributed by atoms with van der Waals surface area (Å²) in [5.41, 5.74) is -1.15. The summed E-state index contributed by atoms with van der Waals surface area (Å²) in [4.78, 5) is 8.18. The maximum Gasteiger partial charge on any atom is 0.130 e. The minimum Gasteiger partial charge on any atom is -0.393 e. The summed E-state index contributed by atoms with van der Waals surface area (Å²) in [5, 5.41) is 21.3. The van der Waals surface area contributed by atoms with Crippen LogP contribution in [-0.4, -0.2) is 38.9 Å². The first kappa shape index (κ1) is 12.4. The lowest BCUT2D eigenvalue weighted by molar-refractivity contribution is 0.0131. The summed E-state index contributed by atoms with van der Waals surface area (Å²) in [7, 11) is 0. The van der Waals surface area contributed by atoms with E-state index in [2.05, 4.69) is 31.2 Å². The van der Waals surface area contributed by atoms with Crippen LogP contribution in [0.4, 0.5) is 5.82 Å². The number of rotatable bonds is 4. The molecule has 0 aliphatic carbocycles. The van der Waals surface area contributed by atoms with Crippen molar-refractivity contribution in [2.45, 2.75) is 19.4 Å². The highest BCUT2D eigenvalue weighted by molar-refractivity contribution is 9.10. The molecule has 0 saturated carbocycles. The Kier molecular flexibility index (Phi) is 4.01. The average molecular weight is 276 g/mol. The quantitative estimate of drug-likeness (QED) is 0.706. The van der Waals surface area contributed by atoms with Gasteiger partial charge in [0.05, 0.1) is 6.61 Å². The van der Waals surface area contributed by atoms with E-state index in [-0.39, 0.29) is 13.2 Å². The smallest absolute Gasteiger partial charge is 0.130 e. The van der Waals surface area contributed by atoms with Gasteiger partial charge < -0.3 is 15.5 Å². The van der Waals surface area contributed by atoms with Crippen LogP contribution in [0, 0.1) is 6.92 Å². The molecule has 0 saturated heterocycles. The summed E-state index contributed by atoms with van der Waals surface area (Å²) >= 11 is 3.25. The number of aliphatic hydroxyl groups excluding tert-OH is 1. The number of nitrogens with zero attached hydrogens (tertiary/aromatic N) is 2. The van der Waals surface area contributed by atoms with Crippen molar-refractivity contribution in [1.82, 2.24) is 9.97 Å². The zero-order valence-electron chi connectivity index (χ0n) is 8.66. The number of aryl methyl sites for hydroxylation is 1. The van der Waals surface area contributed by atoms with Crippen LogP contribution in [0.1, 0.15) is 12.7 Å². The van der Waals surface area contributed by atoms with E-state index in [0.717, 1.165) is 0 Å². The highest BCUT2D eigenvalue weighted by Gasteiger charge is 2.18. The van der Waals surface area contributed by atoms with Crippen LogP contribution in [0.5, 0.6) is 0 Å². The highest BCUT2D eigenvalue weighted by Crippen LogP contribution is 2.13. The summed E-state index contributed by atoms with van der Waals surface area (Å²) in [6.07, 6.45) is 0. The van der Waals surface area contributed by atoms with Crippen LogP contribution in [-0.2, 0) is 0 Å². The molecule has 15 heavy (non-hydrogen) atoms. The van der Waals surface area contributed by atoms with E-state index in [4.69, 9.17) is 5.11 Å². The molecule has 1 heterocycles. The Hall–Kier alpha value is -0.720. The molecule has 1 unspecified atom stereocenters. The predicted octanol–water partition coefficient (Wildman–Crippen LogP) is 0.703. The van der Waals surface area contributed by atoms with Crippen molar-refractivity contribution in [1.29, 1.82) is 0 Å². The van der Waals surface area contributed by atoms with Crippen LogP contribution in [0.2, 0.25) is 0 Å². The zero-order chi connectivity index (χ0) is 11.5. The molecule has 3 N–H and O–H groups in total. The molecule has 1 rings (SSSR count). The zero-order valence-corrected chi connectivity index (χ0v) is 10.2. The van der Waals surface area contributed by atoms with Crippen molar-refractivity contribution in [2.24, 2.45) is 0 Å². The molecular weight excluding hydrogens is 262 g/mol. The minimum absolute atomic E-state index is 0.229. The normalized spacial score (nSPS) is 14.7. The van der Waals surface area contributed by atoms with E-state index in [1.54, 1.807) is 19.9 Å². The standard InChI is InChI=1S/C9H14BrN3O2/c1-6-12-7(10)3-8(13-6)11-4-9(2,15)5-14/h3,14-15H,4-5H2,1-2H3,(H,11,12,13). The van der Waals surface area contributed by atoms with Crippen LogP contribution in [0.25, 0.3) is 0 Å². The van der Waals surface area contributed by atoms with Crippen molar-refractivity contribution in [3.63, 3.8) is 0 Å². The lowest BCUT2D eigenvalue weighted by Gasteiger charge is -2.20. The first-order chi connectivity index (χ1) is 6.93. The molecule has 0 aliphatic rings. The fraction of sp³-hybridized carbons (Fsp3) is 0.556. The van der Waals surface area contributed by atoms with Crippen molar-refractivity contribution in [3.8, 4) is 0 Å². The molecule has 0 aliphatic heterocycles. The fourth-order valence-corrected chi connectivity index (χ4v) is 1.43. The van der Waals surface area contributed by atoms with Gasteiger partial charge in [-0.15, -0.1) is 0 Å². The molecule has 0 amide bonds. The van der Waals surface area contributed by atoms with Crippen molar-refractivity contribution < 1.29 is 10.2 Å². The minimum atomic E-state index is -1.15. The Labute approximate surface area is 96.7 Å². The molecule has 0 radical (unpaired) electrons. The Bertz CT molecular complexity index is 324. The Morgan fingerprint density at radius 2 is 2.20 bits per heavy atom. The molecule has 1 aromatic rings. The molecule has 0 fully saturated rings. The van der Waals surface area contributed by atoms with Gasteiger partial charge >= 0.3 is 0 Å². The van der Waals surface area contributed by atoms with E-state index >= 15 is 0 Å². The topological polar surface area (TPSA) is 78.3 Å². The van der Waals surface area contributed by atoms with E-state index < -0.39 is 5.60 Å². The van der Waals surface area contributed by atoms with Gasteiger partial charge in [0.25, 0.3) is 0 Å². The summed E-state index contributed by atoms with van der Waals surface area (Å²) in [6.45, 7) is 3.25. The third-order valence-corrected chi connectivity index (χ3v) is 2.20. The van der Waals surface area contributed by atoms with Gasteiger partial charge in [-0.25, -0.2) is 9.97 Å². The van der Waals surface area contributed by atoms with Gasteiger partial charge in [0, 0.05) is 12.6 Å². The van der Waals surface area contributed by atoms with Gasteiger partial charge in [0.1, 0.15) is 21.8 Å². The molecule has 1 aromatic heterocycles. The number of halogens is 1. The van der Waals surface area contributed by atoms with Crippen molar-refractivity contribution in [2.75, 3.05) is 18.5 Å². The fourth-order valence-electron chi connectivity index (χ4n) is 0.959. The SMILES string of the molecule is Cc1nc(Br)cc(NCC(C)(O)CO)n1. The van der Waals surface area contributed by atoms with Crippen molar-refractivity contribution >= 4 is 21.7 Å². The molecule has 0 aromatic carbocycles. The molecule has 1 atom stereocenters. The average Bonchev–Trinajstić information content (AvgIpc) is 2.14. The third kappa shape index (κ3) is 4.11. The maximum absolute atomic E-state index is 9.56. The number of aliphatic hydroxyl groups is 2. The van der Waals surface area contributed by atoms with E-state index in [1.165, 1.54) is 0 Å². The van der Waals surface area contributed by atoms with E-state index in [1.807, 2.05) is 0 Å². The second kappa shape index (κ2) is 4.87. The van der Waals surface area contributed by atoms with E-state index in [9.17, 15) is 5.11 Å². The molecule has 84 valence electrons. The Morgan fingerprint density at radius 1 is 1.53 bits per heavy atom. The number of aromatic nitrogens is 2. The van der Waals surface area contributed by atoms with Crippen LogP contribution < -0.4 is 5.32 Å². The lowest BCUT2D eigenvalue weighted by Crippen LogP contribution is -2.37. The van der Waals surface area contributed by atoms with Gasteiger partial charge in [-0.1, -0.05) is 0 Å². The van der Waals surface area contributed by atoms with Crippen LogP contribution in [0.3, 0.4) is 0 Å². The van der Waals surface area contributed by atoms with Gasteiger partial charge in [-0.05, 0) is 29.8 Å². The van der Waals surface area contributed by atoms with Crippen LogP contribution in [0.15, 0.2) is 10.7 Å². The first-order valence-electron chi connectivity index (χ1n) is 4.51. The second-order valence-electron chi connectivity index (χ2n) is 3.63. The second-order valence-corrected chi connectivity index (χ2v) is 4.44. The number of hydrogen-bond acceptors (Lipinski definition) is 5. The lowest BCUT2D eigenvalue weighted by atomic mass is 10.1. The van der Waals surface area contributed by atoms with E-state index in [0.29, 0.717) is 16.2 Å². The van der Waals surface area contributed by atoms with Gasteiger partial charge in [-0.3, -0.25) is 0 Å². The van der Waals surface area contributed by atoms with Gasteiger partial charge in [0.15, 0.2) is 0 Å². The molecule has 5 nitrogen and oxygen atoms in total. The molecule has 0 spiro atoms. The highest BCUT2D eigenvalue weighted by atomic mass is 79.9. The summed E-state index contributed by atoms with van der Waals surface area (Å²) in [5.74, 6) is 1.25. The molecule has 0 bridgehead atoms. The molecule has 6 heteroatoms. The first-order valence-corrected chi connectivity index (χ1v) is 5.30.